The average molecular weight is 413 g/mol. The van der Waals surface area contributed by atoms with E-state index in [1.165, 1.54) is 19.2 Å². The number of carboxylic acid groups (broad SMARTS) is 1. The maximum absolute atomic E-state index is 14.5. The highest BCUT2D eigenvalue weighted by molar-refractivity contribution is 7.16. The number of ketones is 1. The van der Waals surface area contributed by atoms with E-state index in [4.69, 9.17) is 4.74 Å². The van der Waals surface area contributed by atoms with Crippen LogP contribution in [-0.2, 0) is 9.53 Å². The maximum Gasteiger partial charge on any atom is 0.388 e. The number of allylic oxidation sites excluding steroid dienone is 4. The number of fused-ring (bicyclic) bond motifs is 1. The number of methoxy groups -OCH3 is 1. The smallest absolute Gasteiger partial charge is 0.388 e. The fraction of sp³-hybridized carbons (Fsp3) is 0.278. The van der Waals surface area contributed by atoms with Gasteiger partial charge in [-0.1, -0.05) is 11.3 Å². The number of aliphatic imine (C=N–C) groups is 1. The molecule has 3 rings (SSSR count). The zero-order chi connectivity index (χ0) is 20.6. The zero-order valence-corrected chi connectivity index (χ0v) is 15.5. The van der Waals surface area contributed by atoms with Crippen LogP contribution in [0, 0.1) is 0 Å². The Kier molecular flexibility index (Phi) is 5.41. The fourth-order valence-corrected chi connectivity index (χ4v) is 3.90. The average Bonchev–Trinajstić information content (AvgIpc) is 3.17. The number of rotatable bonds is 7. The Morgan fingerprint density at radius 2 is 2.07 bits per heavy atom. The summed E-state index contributed by atoms with van der Waals surface area (Å²) >= 11 is 0.668. The Labute approximate surface area is 161 Å². The number of carboxylic acids is 1. The molecule has 0 amide bonds. The van der Waals surface area contributed by atoms with E-state index in [1.807, 2.05) is 0 Å². The van der Waals surface area contributed by atoms with Crippen molar-refractivity contribution in [3.8, 4) is 5.06 Å². The highest BCUT2D eigenvalue weighted by Crippen LogP contribution is 2.42. The number of aliphatic carboxylic acids is 1. The summed E-state index contributed by atoms with van der Waals surface area (Å²) in [7, 11) is 1.19. The third-order valence-electron chi connectivity index (χ3n) is 4.15. The van der Waals surface area contributed by atoms with Gasteiger partial charge < -0.3 is 14.6 Å². The second kappa shape index (κ2) is 7.63. The standard InChI is InChI=1S/C18H14F3NO5S/c1-7-8(5-12(23)24)14-10(22-7)6-9(19)17(26-2)15(14)16(25)11-3-4-13(28-11)27-18(20)21/h3-4,18H,5-6H2,1-2H3,(H,23,24). The van der Waals surface area contributed by atoms with Crippen LogP contribution in [-0.4, -0.2) is 36.3 Å². The Bertz CT molecular complexity index is 987. The van der Waals surface area contributed by atoms with Crippen LogP contribution in [0.5, 0.6) is 5.06 Å². The molecule has 0 bridgehead atoms. The van der Waals surface area contributed by atoms with Gasteiger partial charge in [-0.05, 0) is 24.6 Å². The number of ether oxygens (including phenoxy) is 2. The van der Waals surface area contributed by atoms with E-state index in [0.29, 0.717) is 17.0 Å². The molecule has 28 heavy (non-hydrogen) atoms. The minimum Gasteiger partial charge on any atom is -0.493 e. The predicted molar refractivity (Wildman–Crippen MR) is 94.5 cm³/mol. The summed E-state index contributed by atoms with van der Waals surface area (Å²) in [5.74, 6) is -2.87. The number of nitrogens with zero attached hydrogens (tertiary/aromatic N) is 1. The number of thiophene rings is 1. The topological polar surface area (TPSA) is 85.2 Å². The van der Waals surface area contributed by atoms with E-state index in [0.717, 1.165) is 0 Å². The van der Waals surface area contributed by atoms with Gasteiger partial charge in [-0.25, -0.2) is 4.39 Å². The SMILES string of the molecule is COC1=C(F)CC2=NC(C)=C(CC(=O)O)C2=C1C(=O)c1ccc(OC(F)F)s1. The van der Waals surface area contributed by atoms with Crippen LogP contribution in [0.4, 0.5) is 13.2 Å². The summed E-state index contributed by atoms with van der Waals surface area (Å²) in [6.45, 7) is -1.48. The molecule has 1 aromatic rings. The van der Waals surface area contributed by atoms with Crippen molar-refractivity contribution in [1.29, 1.82) is 0 Å². The van der Waals surface area contributed by atoms with Crippen LogP contribution in [0.3, 0.4) is 0 Å². The molecule has 0 aromatic carbocycles. The van der Waals surface area contributed by atoms with Gasteiger partial charge in [-0.2, -0.15) is 8.78 Å². The molecule has 0 fully saturated rings. The lowest BCUT2D eigenvalue weighted by molar-refractivity contribution is -0.136. The van der Waals surface area contributed by atoms with Crippen LogP contribution in [0.25, 0.3) is 0 Å². The molecule has 0 spiro atoms. The summed E-state index contributed by atoms with van der Waals surface area (Å²) in [6, 6.07) is 2.48. The van der Waals surface area contributed by atoms with Crippen LogP contribution < -0.4 is 4.74 Å². The molecule has 0 saturated carbocycles. The summed E-state index contributed by atoms with van der Waals surface area (Å²) in [5.41, 5.74) is 0.928. The first-order valence-electron chi connectivity index (χ1n) is 7.99. The third kappa shape index (κ3) is 3.59. The van der Waals surface area contributed by atoms with Crippen molar-refractivity contribution >= 4 is 28.8 Å². The second-order valence-corrected chi connectivity index (χ2v) is 6.93. The predicted octanol–water partition coefficient (Wildman–Crippen LogP) is 4.26. The molecule has 1 aromatic heterocycles. The third-order valence-corrected chi connectivity index (χ3v) is 5.12. The fourth-order valence-electron chi connectivity index (χ4n) is 3.09. The van der Waals surface area contributed by atoms with Crippen molar-refractivity contribution in [3.05, 3.63) is 51.0 Å². The number of hydrogen-bond donors (Lipinski definition) is 1. The second-order valence-electron chi connectivity index (χ2n) is 5.88. The van der Waals surface area contributed by atoms with Crippen molar-refractivity contribution in [1.82, 2.24) is 0 Å². The van der Waals surface area contributed by atoms with Gasteiger partial charge in [0.05, 0.1) is 29.7 Å². The summed E-state index contributed by atoms with van der Waals surface area (Å²) in [4.78, 5) is 28.6. The summed E-state index contributed by atoms with van der Waals surface area (Å²) in [5, 5.41) is 9.01. The lowest BCUT2D eigenvalue weighted by Crippen LogP contribution is -2.20. The quantitative estimate of drug-likeness (QED) is 0.675. The molecule has 0 saturated heterocycles. The number of hydrogen-bond acceptors (Lipinski definition) is 6. The van der Waals surface area contributed by atoms with Crippen molar-refractivity contribution in [2.45, 2.75) is 26.4 Å². The van der Waals surface area contributed by atoms with E-state index in [-0.39, 0.29) is 44.6 Å². The number of Topliss-reactive ketones (excluding diaryl/α,β-unsaturated/α-hetero) is 1. The number of alkyl halides is 2. The first-order chi connectivity index (χ1) is 13.2. The van der Waals surface area contributed by atoms with Gasteiger partial charge in [0.2, 0.25) is 5.78 Å². The van der Waals surface area contributed by atoms with Crippen LogP contribution in [0.1, 0.15) is 29.4 Å². The monoisotopic (exact) mass is 413 g/mol. The van der Waals surface area contributed by atoms with E-state index in [2.05, 4.69) is 9.73 Å². The largest absolute Gasteiger partial charge is 0.493 e. The first-order valence-corrected chi connectivity index (χ1v) is 8.81. The number of carbonyl (C=O) groups excluding carboxylic acids is 1. The highest BCUT2D eigenvalue weighted by atomic mass is 32.1. The van der Waals surface area contributed by atoms with Crippen molar-refractivity contribution in [3.63, 3.8) is 0 Å². The Hall–Kier alpha value is -2.88. The molecule has 1 N–H and O–H groups in total. The van der Waals surface area contributed by atoms with Gasteiger partial charge in [0.25, 0.3) is 0 Å². The minimum absolute atomic E-state index is 0.0148. The molecule has 6 nitrogen and oxygen atoms in total. The lowest BCUT2D eigenvalue weighted by Gasteiger charge is -2.21. The normalized spacial score (nSPS) is 16.6. The van der Waals surface area contributed by atoms with Gasteiger partial charge in [-0.15, -0.1) is 0 Å². The molecule has 2 heterocycles. The zero-order valence-electron chi connectivity index (χ0n) is 14.7. The van der Waals surface area contributed by atoms with Gasteiger partial charge >= 0.3 is 12.6 Å². The molecular formula is C18H14F3NO5S. The summed E-state index contributed by atoms with van der Waals surface area (Å²) in [6.07, 6.45) is -0.645. The van der Waals surface area contributed by atoms with Crippen molar-refractivity contribution in [2.75, 3.05) is 7.11 Å². The number of halogens is 3. The summed E-state index contributed by atoms with van der Waals surface area (Å²) < 4.78 is 48.7. The first kappa shape index (κ1) is 19.9. The molecule has 2 aliphatic rings. The van der Waals surface area contributed by atoms with Crippen LogP contribution >= 0.6 is 11.3 Å². The Balaban J connectivity index is 2.13. The van der Waals surface area contributed by atoms with E-state index in [9.17, 15) is 27.9 Å². The van der Waals surface area contributed by atoms with Crippen LogP contribution in [0.15, 0.2) is 51.1 Å². The number of carbonyl (C=O) groups is 2. The van der Waals surface area contributed by atoms with Crippen molar-refractivity contribution < 1.29 is 37.3 Å². The Morgan fingerprint density at radius 1 is 1.36 bits per heavy atom. The van der Waals surface area contributed by atoms with Gasteiger partial charge in [0.15, 0.2) is 10.8 Å². The molecule has 10 heteroatoms. The molecule has 148 valence electrons. The molecule has 0 radical (unpaired) electrons. The molecule has 0 unspecified atom stereocenters. The minimum atomic E-state index is -3.05. The van der Waals surface area contributed by atoms with Gasteiger partial charge in [0.1, 0.15) is 5.83 Å². The van der Waals surface area contributed by atoms with E-state index < -0.39 is 30.6 Å². The van der Waals surface area contributed by atoms with Crippen LogP contribution in [0.2, 0.25) is 0 Å². The van der Waals surface area contributed by atoms with Gasteiger partial charge in [0, 0.05) is 17.7 Å². The van der Waals surface area contributed by atoms with E-state index in [1.54, 1.807) is 6.92 Å². The maximum atomic E-state index is 14.5. The highest BCUT2D eigenvalue weighted by Gasteiger charge is 2.38. The molecule has 0 atom stereocenters. The molecular weight excluding hydrogens is 399 g/mol. The van der Waals surface area contributed by atoms with Gasteiger partial charge in [-0.3, -0.25) is 14.6 Å². The molecule has 1 aliphatic carbocycles. The Morgan fingerprint density at radius 3 is 2.68 bits per heavy atom. The van der Waals surface area contributed by atoms with E-state index >= 15 is 0 Å². The van der Waals surface area contributed by atoms with Crippen molar-refractivity contribution in [2.24, 2.45) is 4.99 Å². The molecule has 1 aliphatic heterocycles. The lowest BCUT2D eigenvalue weighted by atomic mass is 9.85.